The summed E-state index contributed by atoms with van der Waals surface area (Å²) in [5.74, 6) is -0.266. The van der Waals surface area contributed by atoms with Crippen LogP contribution < -0.4 is 21.7 Å². The Hall–Kier alpha value is -1.94. The summed E-state index contributed by atoms with van der Waals surface area (Å²) in [7, 11) is 1.46. The van der Waals surface area contributed by atoms with Gasteiger partial charge in [-0.05, 0) is 18.6 Å². The molecule has 1 saturated carbocycles. The average Bonchev–Trinajstić information content (AvgIpc) is 2.98. The van der Waals surface area contributed by atoms with Crippen molar-refractivity contribution in [3.05, 3.63) is 0 Å². The normalized spacial score (nSPS) is 17.3. The molecule has 9 nitrogen and oxygen atoms in total. The van der Waals surface area contributed by atoms with E-state index in [0.29, 0.717) is 12.8 Å². The van der Waals surface area contributed by atoms with Gasteiger partial charge in [-0.25, -0.2) is 0 Å². The summed E-state index contributed by atoms with van der Waals surface area (Å²) in [6.07, 6.45) is 2.80. The van der Waals surface area contributed by atoms with E-state index < -0.39 is 11.9 Å². The van der Waals surface area contributed by atoms with Crippen molar-refractivity contribution >= 4 is 41.0 Å². The molecule has 2 atom stereocenters. The predicted molar refractivity (Wildman–Crippen MR) is 107 cm³/mol. The lowest BCUT2D eigenvalue weighted by Crippen LogP contribution is -2.49. The molecule has 0 aromatic rings. The van der Waals surface area contributed by atoms with E-state index in [-0.39, 0.29) is 61.0 Å². The maximum absolute atomic E-state index is 12.1. The van der Waals surface area contributed by atoms with Crippen LogP contribution in [0.15, 0.2) is 0 Å². The molecule has 158 valence electrons. The van der Waals surface area contributed by atoms with Gasteiger partial charge in [0.2, 0.25) is 17.7 Å². The first-order valence-corrected chi connectivity index (χ1v) is 10.6. The van der Waals surface area contributed by atoms with Crippen LogP contribution in [-0.4, -0.2) is 66.5 Å². The van der Waals surface area contributed by atoms with E-state index in [1.54, 1.807) is 0 Å². The Balaban J connectivity index is 2.25. The van der Waals surface area contributed by atoms with Crippen LogP contribution in [0.1, 0.15) is 44.9 Å². The molecule has 0 bridgehead atoms. The lowest BCUT2D eigenvalue weighted by Gasteiger charge is -2.17. The van der Waals surface area contributed by atoms with E-state index in [9.17, 15) is 24.0 Å². The van der Waals surface area contributed by atoms with Crippen molar-refractivity contribution in [3.8, 4) is 0 Å². The van der Waals surface area contributed by atoms with Gasteiger partial charge in [-0.15, -0.1) is 0 Å². The Morgan fingerprint density at radius 3 is 2.54 bits per heavy atom. The fourth-order valence-corrected chi connectivity index (χ4v) is 3.95. The molecule has 28 heavy (non-hydrogen) atoms. The van der Waals surface area contributed by atoms with Crippen LogP contribution in [0, 0.1) is 0 Å². The molecule has 1 rings (SSSR count). The summed E-state index contributed by atoms with van der Waals surface area (Å²) in [6.45, 7) is 0.538. The molecule has 0 spiro atoms. The number of thioether (sulfide) groups is 1. The van der Waals surface area contributed by atoms with E-state index in [2.05, 4.69) is 16.0 Å². The zero-order valence-corrected chi connectivity index (χ0v) is 17.1. The quantitative estimate of drug-likeness (QED) is 0.229. The van der Waals surface area contributed by atoms with Gasteiger partial charge in [0.05, 0.1) is 18.1 Å². The Morgan fingerprint density at radius 2 is 1.93 bits per heavy atom. The van der Waals surface area contributed by atoms with Gasteiger partial charge in [-0.3, -0.25) is 24.0 Å². The number of ketones is 2. The molecule has 3 amide bonds. The fourth-order valence-electron chi connectivity index (χ4n) is 2.72. The van der Waals surface area contributed by atoms with Crippen molar-refractivity contribution in [2.45, 2.75) is 56.2 Å². The lowest BCUT2D eigenvalue weighted by atomic mass is 10.1. The zero-order valence-electron chi connectivity index (χ0n) is 16.3. The molecule has 0 aromatic carbocycles. The second kappa shape index (κ2) is 13.3. The van der Waals surface area contributed by atoms with Crippen LogP contribution in [0.2, 0.25) is 0 Å². The summed E-state index contributed by atoms with van der Waals surface area (Å²) in [6, 6.07) is -0.930. The minimum absolute atomic E-state index is 0.0148. The van der Waals surface area contributed by atoms with E-state index in [1.807, 2.05) is 0 Å². The van der Waals surface area contributed by atoms with Gasteiger partial charge in [0, 0.05) is 33.0 Å². The number of nitrogens with two attached hydrogens (primary N) is 1. The third-order valence-electron chi connectivity index (χ3n) is 4.27. The molecule has 1 aliphatic rings. The molecule has 1 aliphatic carbocycles. The maximum Gasteiger partial charge on any atom is 0.243 e. The Labute approximate surface area is 169 Å². The van der Waals surface area contributed by atoms with Crippen molar-refractivity contribution in [3.63, 3.8) is 0 Å². The van der Waals surface area contributed by atoms with Crippen LogP contribution in [0.5, 0.6) is 0 Å². The SMILES string of the molecule is CNC(=O)C[C@H](NC(=O)CCCCCSC1CC(=O)CC1=O)C(=O)NCCN. The van der Waals surface area contributed by atoms with E-state index in [0.717, 1.165) is 18.6 Å². The van der Waals surface area contributed by atoms with E-state index in [4.69, 9.17) is 5.73 Å². The van der Waals surface area contributed by atoms with Crippen molar-refractivity contribution < 1.29 is 24.0 Å². The average molecular weight is 415 g/mol. The summed E-state index contributed by atoms with van der Waals surface area (Å²) in [5.41, 5.74) is 5.35. The topological polar surface area (TPSA) is 147 Å². The fraction of sp³-hybridized carbons (Fsp3) is 0.722. The highest BCUT2D eigenvalue weighted by atomic mass is 32.2. The standard InChI is InChI=1S/C18H30N4O5S/c1-20-17(26)11-13(18(27)21-7-6-19)22-16(25)5-3-2-4-8-28-15-10-12(23)9-14(15)24/h13,15H,2-11,19H2,1H3,(H,20,26)(H,21,27)(H,22,25)/t13-,15?/m0/s1. The van der Waals surface area contributed by atoms with Crippen LogP contribution in [0.4, 0.5) is 0 Å². The molecule has 0 saturated heterocycles. The first kappa shape index (κ1) is 24.1. The lowest BCUT2D eigenvalue weighted by molar-refractivity contribution is -0.131. The number of nitrogens with one attached hydrogen (secondary N) is 3. The largest absolute Gasteiger partial charge is 0.359 e. The number of hydrogen-bond acceptors (Lipinski definition) is 7. The van der Waals surface area contributed by atoms with Crippen molar-refractivity contribution in [2.24, 2.45) is 5.73 Å². The zero-order chi connectivity index (χ0) is 20.9. The van der Waals surface area contributed by atoms with Crippen LogP contribution in [0.3, 0.4) is 0 Å². The predicted octanol–water partition coefficient (Wildman–Crippen LogP) is -0.724. The van der Waals surface area contributed by atoms with Gasteiger partial charge in [0.15, 0.2) is 5.78 Å². The van der Waals surface area contributed by atoms with E-state index >= 15 is 0 Å². The minimum Gasteiger partial charge on any atom is -0.359 e. The molecular formula is C18H30N4O5S. The molecule has 0 radical (unpaired) electrons. The Kier molecular flexibility index (Phi) is 11.4. The molecule has 0 aromatic heterocycles. The van der Waals surface area contributed by atoms with Crippen molar-refractivity contribution in [2.75, 3.05) is 25.9 Å². The van der Waals surface area contributed by atoms with Gasteiger partial charge in [0.1, 0.15) is 11.8 Å². The number of rotatable bonds is 13. The van der Waals surface area contributed by atoms with Gasteiger partial charge in [0.25, 0.3) is 0 Å². The van der Waals surface area contributed by atoms with Gasteiger partial charge in [-0.1, -0.05) is 6.42 Å². The highest BCUT2D eigenvalue weighted by molar-refractivity contribution is 8.00. The van der Waals surface area contributed by atoms with Crippen molar-refractivity contribution in [1.82, 2.24) is 16.0 Å². The maximum atomic E-state index is 12.1. The number of carbonyl (C=O) groups excluding carboxylic acids is 5. The minimum atomic E-state index is -0.930. The molecule has 0 aliphatic heterocycles. The molecule has 1 unspecified atom stereocenters. The van der Waals surface area contributed by atoms with Gasteiger partial charge >= 0.3 is 0 Å². The smallest absolute Gasteiger partial charge is 0.243 e. The summed E-state index contributed by atoms with van der Waals surface area (Å²) >= 11 is 1.51. The summed E-state index contributed by atoms with van der Waals surface area (Å²) in [4.78, 5) is 58.5. The number of carbonyl (C=O) groups is 5. The number of Topliss-reactive ketones (excluding diaryl/α,β-unsaturated/α-hetero) is 2. The summed E-state index contributed by atoms with van der Waals surface area (Å²) < 4.78 is 0. The van der Waals surface area contributed by atoms with Gasteiger partial charge < -0.3 is 21.7 Å². The van der Waals surface area contributed by atoms with Crippen molar-refractivity contribution in [1.29, 1.82) is 0 Å². The molecule has 0 heterocycles. The molecule has 5 N–H and O–H groups in total. The van der Waals surface area contributed by atoms with E-state index in [1.165, 1.54) is 18.8 Å². The monoisotopic (exact) mass is 414 g/mol. The highest BCUT2D eigenvalue weighted by Crippen LogP contribution is 2.25. The third-order valence-corrected chi connectivity index (χ3v) is 5.63. The highest BCUT2D eigenvalue weighted by Gasteiger charge is 2.30. The Morgan fingerprint density at radius 1 is 1.18 bits per heavy atom. The number of amides is 3. The second-order valence-corrected chi connectivity index (χ2v) is 7.94. The van der Waals surface area contributed by atoms with Crippen LogP contribution in [-0.2, 0) is 24.0 Å². The van der Waals surface area contributed by atoms with Crippen LogP contribution >= 0.6 is 11.8 Å². The molecule has 10 heteroatoms. The second-order valence-electron chi connectivity index (χ2n) is 6.63. The molecular weight excluding hydrogens is 384 g/mol. The van der Waals surface area contributed by atoms with Crippen LogP contribution in [0.25, 0.3) is 0 Å². The first-order valence-electron chi connectivity index (χ1n) is 9.51. The Bertz CT molecular complexity index is 584. The third kappa shape index (κ3) is 9.32. The first-order chi connectivity index (χ1) is 13.4. The summed E-state index contributed by atoms with van der Waals surface area (Å²) in [5, 5.41) is 7.40. The molecule has 1 fully saturated rings. The number of hydrogen-bond donors (Lipinski definition) is 4. The number of unbranched alkanes of at least 4 members (excludes halogenated alkanes) is 2. The van der Waals surface area contributed by atoms with Gasteiger partial charge in [-0.2, -0.15) is 11.8 Å².